The number of nitriles is 1. The van der Waals surface area contributed by atoms with Crippen LogP contribution in [0.4, 0.5) is 11.5 Å². The maximum absolute atomic E-state index is 9.28. The monoisotopic (exact) mass is 331 g/mol. The van der Waals surface area contributed by atoms with Gasteiger partial charge in [0.15, 0.2) is 0 Å². The van der Waals surface area contributed by atoms with Gasteiger partial charge in [-0.3, -0.25) is 0 Å². The average molecular weight is 332 g/mol. The molecule has 102 valence electrons. The van der Waals surface area contributed by atoms with Crippen LogP contribution in [-0.4, -0.2) is 12.1 Å². The summed E-state index contributed by atoms with van der Waals surface area (Å²) in [5, 5.41) is 12.5. The van der Waals surface area contributed by atoms with Gasteiger partial charge in [0.1, 0.15) is 17.6 Å². The molecule has 0 saturated carbocycles. The molecule has 5 heteroatoms. The van der Waals surface area contributed by atoms with Gasteiger partial charge in [0.2, 0.25) is 0 Å². The normalized spacial score (nSPS) is 9.95. The molecule has 1 heterocycles. The van der Waals surface area contributed by atoms with Gasteiger partial charge in [-0.05, 0) is 43.7 Å². The predicted molar refractivity (Wildman–Crippen MR) is 82.4 cm³/mol. The van der Waals surface area contributed by atoms with E-state index in [9.17, 15) is 5.26 Å². The molecule has 20 heavy (non-hydrogen) atoms. The number of ether oxygens (including phenoxy) is 1. The van der Waals surface area contributed by atoms with Gasteiger partial charge in [0, 0.05) is 10.2 Å². The molecular weight excluding hydrogens is 318 g/mol. The van der Waals surface area contributed by atoms with Gasteiger partial charge < -0.3 is 10.1 Å². The number of pyridine rings is 1. The van der Waals surface area contributed by atoms with E-state index in [1.54, 1.807) is 7.11 Å². The van der Waals surface area contributed by atoms with Crippen molar-refractivity contribution in [1.29, 1.82) is 5.26 Å². The molecule has 1 aromatic carbocycles. The van der Waals surface area contributed by atoms with Crippen molar-refractivity contribution in [3.63, 3.8) is 0 Å². The van der Waals surface area contributed by atoms with Gasteiger partial charge in [-0.25, -0.2) is 4.98 Å². The third kappa shape index (κ3) is 2.91. The van der Waals surface area contributed by atoms with Gasteiger partial charge in [-0.2, -0.15) is 5.26 Å². The van der Waals surface area contributed by atoms with E-state index >= 15 is 0 Å². The molecule has 0 unspecified atom stereocenters. The van der Waals surface area contributed by atoms with Crippen LogP contribution in [-0.2, 0) is 0 Å². The lowest BCUT2D eigenvalue weighted by molar-refractivity contribution is 0.416. The van der Waals surface area contributed by atoms with Gasteiger partial charge in [-0.15, -0.1) is 0 Å². The Hall–Kier alpha value is -2.06. The Morgan fingerprint density at radius 2 is 2.05 bits per heavy atom. The van der Waals surface area contributed by atoms with Crippen molar-refractivity contribution in [2.24, 2.45) is 0 Å². The van der Waals surface area contributed by atoms with E-state index in [4.69, 9.17) is 4.74 Å². The van der Waals surface area contributed by atoms with E-state index in [0.717, 1.165) is 21.4 Å². The maximum Gasteiger partial charge on any atom is 0.148 e. The Labute approximate surface area is 126 Å². The lowest BCUT2D eigenvalue weighted by atomic mass is 10.1. The van der Waals surface area contributed by atoms with Crippen LogP contribution in [0.2, 0.25) is 0 Å². The summed E-state index contributed by atoms with van der Waals surface area (Å²) in [7, 11) is 1.61. The quantitative estimate of drug-likeness (QED) is 0.920. The molecule has 1 aromatic heterocycles. The summed E-state index contributed by atoms with van der Waals surface area (Å²) >= 11 is 3.42. The van der Waals surface area contributed by atoms with Crippen molar-refractivity contribution >= 4 is 27.4 Å². The van der Waals surface area contributed by atoms with E-state index < -0.39 is 0 Å². The largest absolute Gasteiger partial charge is 0.495 e. The number of nitrogens with one attached hydrogen (secondary N) is 1. The molecular formula is C15H14BrN3O. The first-order valence-electron chi connectivity index (χ1n) is 6.04. The average Bonchev–Trinajstić information content (AvgIpc) is 2.38. The van der Waals surface area contributed by atoms with Crippen molar-refractivity contribution < 1.29 is 4.74 Å². The number of benzene rings is 1. The van der Waals surface area contributed by atoms with Crippen LogP contribution >= 0.6 is 15.9 Å². The molecule has 0 fully saturated rings. The molecule has 0 saturated heterocycles. The number of halogens is 1. The number of hydrogen-bond donors (Lipinski definition) is 1. The fourth-order valence-corrected chi connectivity index (χ4v) is 2.33. The van der Waals surface area contributed by atoms with Gasteiger partial charge in [0.25, 0.3) is 0 Å². The predicted octanol–water partition coefficient (Wildman–Crippen LogP) is 4.08. The van der Waals surface area contributed by atoms with Crippen molar-refractivity contribution in [2.45, 2.75) is 13.8 Å². The summed E-state index contributed by atoms with van der Waals surface area (Å²) in [6.45, 7) is 3.80. The van der Waals surface area contributed by atoms with Gasteiger partial charge >= 0.3 is 0 Å². The van der Waals surface area contributed by atoms with Crippen LogP contribution in [0.15, 0.2) is 28.7 Å². The Kier molecular flexibility index (Phi) is 4.26. The highest BCUT2D eigenvalue weighted by molar-refractivity contribution is 9.10. The number of anilines is 2. The molecule has 0 amide bonds. The van der Waals surface area contributed by atoms with Crippen LogP contribution in [0, 0.1) is 25.2 Å². The van der Waals surface area contributed by atoms with Crippen LogP contribution < -0.4 is 10.1 Å². The van der Waals surface area contributed by atoms with Crippen LogP contribution in [0.1, 0.15) is 16.8 Å². The Balaban J connectivity index is 2.50. The number of methoxy groups -OCH3 is 1. The summed E-state index contributed by atoms with van der Waals surface area (Å²) in [6.07, 6.45) is 0. The number of rotatable bonds is 3. The van der Waals surface area contributed by atoms with Crippen molar-refractivity contribution in [2.75, 3.05) is 12.4 Å². The van der Waals surface area contributed by atoms with E-state index in [1.165, 1.54) is 0 Å². The van der Waals surface area contributed by atoms with Gasteiger partial charge in [-0.1, -0.05) is 15.9 Å². The molecule has 0 bridgehead atoms. The van der Waals surface area contributed by atoms with E-state index in [1.807, 2.05) is 38.1 Å². The minimum atomic E-state index is 0.539. The topological polar surface area (TPSA) is 57.9 Å². The molecule has 0 radical (unpaired) electrons. The molecule has 1 N–H and O–H groups in total. The van der Waals surface area contributed by atoms with Crippen LogP contribution in [0.5, 0.6) is 5.75 Å². The van der Waals surface area contributed by atoms with Crippen molar-refractivity contribution in [1.82, 2.24) is 4.98 Å². The van der Waals surface area contributed by atoms with E-state index in [-0.39, 0.29) is 0 Å². The lowest BCUT2D eigenvalue weighted by Gasteiger charge is -2.13. The molecule has 0 spiro atoms. The van der Waals surface area contributed by atoms with Gasteiger partial charge in [0.05, 0.1) is 18.4 Å². The smallest absolute Gasteiger partial charge is 0.148 e. The van der Waals surface area contributed by atoms with E-state index in [0.29, 0.717) is 17.1 Å². The zero-order chi connectivity index (χ0) is 14.7. The second-order valence-corrected chi connectivity index (χ2v) is 5.30. The number of aryl methyl sites for hydroxylation is 2. The van der Waals surface area contributed by atoms with E-state index in [2.05, 4.69) is 32.3 Å². The minimum Gasteiger partial charge on any atom is -0.495 e. The minimum absolute atomic E-state index is 0.539. The second-order valence-electron chi connectivity index (χ2n) is 4.39. The Morgan fingerprint density at radius 1 is 1.30 bits per heavy atom. The molecule has 0 atom stereocenters. The first-order valence-corrected chi connectivity index (χ1v) is 6.83. The van der Waals surface area contributed by atoms with Crippen LogP contribution in [0.25, 0.3) is 0 Å². The third-order valence-electron chi connectivity index (χ3n) is 2.87. The fourth-order valence-electron chi connectivity index (χ4n) is 1.97. The summed E-state index contributed by atoms with van der Waals surface area (Å²) in [5.74, 6) is 1.24. The Morgan fingerprint density at radius 3 is 2.70 bits per heavy atom. The summed E-state index contributed by atoms with van der Waals surface area (Å²) in [4.78, 5) is 4.40. The molecule has 2 aromatic rings. The first-order chi connectivity index (χ1) is 9.55. The number of hydrogen-bond acceptors (Lipinski definition) is 4. The first kappa shape index (κ1) is 14.4. The molecule has 4 nitrogen and oxygen atoms in total. The lowest BCUT2D eigenvalue weighted by Crippen LogP contribution is -2.02. The zero-order valence-corrected chi connectivity index (χ0v) is 13.1. The van der Waals surface area contributed by atoms with Crippen molar-refractivity contribution in [3.05, 3.63) is 45.6 Å². The third-order valence-corrected chi connectivity index (χ3v) is 3.36. The summed E-state index contributed by atoms with van der Waals surface area (Å²) in [6, 6.07) is 9.71. The fraction of sp³-hybridized carbons (Fsp3) is 0.200. The zero-order valence-electron chi connectivity index (χ0n) is 11.5. The SMILES string of the molecule is COc1ccc(Br)cc1Nc1nc(C)cc(C)c1C#N. The second kappa shape index (κ2) is 5.93. The molecule has 0 aliphatic carbocycles. The number of nitrogens with zero attached hydrogens (tertiary/aromatic N) is 2. The van der Waals surface area contributed by atoms with Crippen LogP contribution in [0.3, 0.4) is 0 Å². The highest BCUT2D eigenvalue weighted by Crippen LogP contribution is 2.31. The highest BCUT2D eigenvalue weighted by Gasteiger charge is 2.11. The molecule has 0 aliphatic rings. The summed E-state index contributed by atoms with van der Waals surface area (Å²) < 4.78 is 6.23. The molecule has 0 aliphatic heterocycles. The maximum atomic E-state index is 9.28. The highest BCUT2D eigenvalue weighted by atomic mass is 79.9. The summed E-state index contributed by atoms with van der Waals surface area (Å²) in [5.41, 5.74) is 3.06. The standard InChI is InChI=1S/C15H14BrN3O/c1-9-6-10(2)18-15(12(9)8-17)19-13-7-11(16)4-5-14(13)20-3/h4-7H,1-3H3,(H,18,19). The number of aromatic nitrogens is 1. The van der Waals surface area contributed by atoms with Crippen molar-refractivity contribution in [3.8, 4) is 11.8 Å². The molecule has 2 rings (SSSR count). The Bertz CT molecular complexity index is 692.